The van der Waals surface area contributed by atoms with Crippen LogP contribution in [-0.4, -0.2) is 18.5 Å². The summed E-state index contributed by atoms with van der Waals surface area (Å²) in [5.74, 6) is -1.33. The van der Waals surface area contributed by atoms with Crippen LogP contribution in [0.5, 0.6) is 0 Å². The monoisotopic (exact) mass is 427 g/mol. The van der Waals surface area contributed by atoms with Crippen LogP contribution in [0.1, 0.15) is 36.0 Å². The first-order valence-electron chi connectivity index (χ1n) is 9.46. The Morgan fingerprint density at radius 2 is 1.73 bits per heavy atom. The third-order valence-corrected chi connectivity index (χ3v) is 7.04. The van der Waals surface area contributed by atoms with E-state index >= 15 is 0 Å². The summed E-state index contributed by atoms with van der Waals surface area (Å²) < 4.78 is 53.0. The van der Waals surface area contributed by atoms with Gasteiger partial charge in [-0.3, -0.25) is 0 Å². The van der Waals surface area contributed by atoms with E-state index in [1.165, 1.54) is 36.5 Å². The lowest BCUT2D eigenvalue weighted by Crippen LogP contribution is -2.35. The molecule has 2 aromatic carbocycles. The molecule has 0 radical (unpaired) electrons. The predicted molar refractivity (Wildman–Crippen MR) is 109 cm³/mol. The van der Waals surface area contributed by atoms with E-state index < -0.39 is 27.1 Å². The zero-order valence-corrected chi connectivity index (χ0v) is 16.7. The van der Waals surface area contributed by atoms with Gasteiger partial charge in [0.15, 0.2) is 5.03 Å². The Hall–Kier alpha value is -2.90. The number of aliphatic hydroxyl groups is 1. The molecule has 7 heteroatoms. The molecule has 1 aliphatic carbocycles. The van der Waals surface area contributed by atoms with Gasteiger partial charge in [0.2, 0.25) is 9.84 Å². The summed E-state index contributed by atoms with van der Waals surface area (Å²) in [5, 5.41) is 10.5. The van der Waals surface area contributed by atoms with Crippen molar-refractivity contribution in [3.63, 3.8) is 0 Å². The molecule has 0 unspecified atom stereocenters. The predicted octanol–water partition coefficient (Wildman–Crippen LogP) is 4.73. The molecule has 3 aromatic rings. The zero-order chi connectivity index (χ0) is 21.4. The normalized spacial score (nSPS) is 15.8. The molecule has 0 atom stereocenters. The lowest BCUT2D eigenvalue weighted by Gasteiger charge is -2.37. The number of benzene rings is 2. The van der Waals surface area contributed by atoms with Gasteiger partial charge in [-0.2, -0.15) is 0 Å². The Balaban J connectivity index is 1.62. The number of hydrogen-bond donors (Lipinski definition) is 1. The highest BCUT2D eigenvalue weighted by Gasteiger charge is 2.41. The molecule has 0 bridgehead atoms. The summed E-state index contributed by atoms with van der Waals surface area (Å²) in [4.78, 5) is 4.11. The number of halogens is 2. The molecule has 1 aromatic heterocycles. The van der Waals surface area contributed by atoms with Crippen LogP contribution in [-0.2, 0) is 15.4 Å². The third-order valence-electron chi connectivity index (χ3n) is 5.32. The molecule has 30 heavy (non-hydrogen) atoms. The maximum atomic E-state index is 13.7. The van der Waals surface area contributed by atoms with E-state index in [0.29, 0.717) is 24.0 Å². The average molecular weight is 427 g/mol. The van der Waals surface area contributed by atoms with Gasteiger partial charge in [-0.25, -0.2) is 22.2 Å². The summed E-state index contributed by atoms with van der Waals surface area (Å²) in [6.07, 6.45) is 6.33. The maximum Gasteiger partial charge on any atom is 0.224 e. The third kappa shape index (κ3) is 3.78. The van der Waals surface area contributed by atoms with Crippen molar-refractivity contribution in [2.24, 2.45) is 0 Å². The van der Waals surface area contributed by atoms with E-state index in [-0.39, 0.29) is 15.5 Å². The number of aromatic nitrogens is 1. The number of nitrogens with zero attached hydrogens (tertiary/aromatic N) is 1. The Morgan fingerprint density at radius 3 is 2.37 bits per heavy atom. The van der Waals surface area contributed by atoms with Crippen LogP contribution in [0.2, 0.25) is 0 Å². The van der Waals surface area contributed by atoms with Crippen molar-refractivity contribution in [1.82, 2.24) is 4.98 Å². The van der Waals surface area contributed by atoms with E-state index in [0.717, 1.165) is 12.5 Å². The van der Waals surface area contributed by atoms with Crippen molar-refractivity contribution >= 4 is 22.0 Å². The molecule has 0 aliphatic heterocycles. The fourth-order valence-electron chi connectivity index (χ4n) is 3.43. The first kappa shape index (κ1) is 20.4. The van der Waals surface area contributed by atoms with Crippen LogP contribution in [0, 0.1) is 11.6 Å². The van der Waals surface area contributed by atoms with E-state index in [1.807, 2.05) is 0 Å². The fraction of sp³-hybridized carbons (Fsp3) is 0.174. The lowest BCUT2D eigenvalue weighted by atomic mass is 9.76. The quantitative estimate of drug-likeness (QED) is 0.598. The van der Waals surface area contributed by atoms with Crippen molar-refractivity contribution in [2.45, 2.75) is 34.8 Å². The Morgan fingerprint density at radius 1 is 1.00 bits per heavy atom. The molecular formula is C23H19F2NO3S. The first-order chi connectivity index (χ1) is 14.3. The molecule has 154 valence electrons. The zero-order valence-electron chi connectivity index (χ0n) is 15.9. The molecule has 1 fully saturated rings. The Labute approximate surface area is 173 Å². The summed E-state index contributed by atoms with van der Waals surface area (Å²) in [5.41, 5.74) is 0.0435. The van der Waals surface area contributed by atoms with Gasteiger partial charge < -0.3 is 5.11 Å². The van der Waals surface area contributed by atoms with Gasteiger partial charge in [0.05, 0.1) is 10.5 Å². The molecule has 0 amide bonds. The minimum atomic E-state index is -3.92. The van der Waals surface area contributed by atoms with Crippen LogP contribution in [0.4, 0.5) is 8.78 Å². The number of pyridine rings is 1. The molecule has 4 rings (SSSR count). The second-order valence-electron chi connectivity index (χ2n) is 7.31. The van der Waals surface area contributed by atoms with Gasteiger partial charge in [0.25, 0.3) is 0 Å². The van der Waals surface area contributed by atoms with E-state index in [2.05, 4.69) is 4.98 Å². The fourth-order valence-corrected chi connectivity index (χ4v) is 4.90. The van der Waals surface area contributed by atoms with Crippen LogP contribution >= 0.6 is 0 Å². The van der Waals surface area contributed by atoms with Crippen molar-refractivity contribution in [3.05, 3.63) is 89.1 Å². The Bertz CT molecular complexity index is 1220. The average Bonchev–Trinajstić information content (AvgIpc) is 2.72. The summed E-state index contributed by atoms with van der Waals surface area (Å²) in [6, 6.07) is 12.6. The van der Waals surface area contributed by atoms with Gasteiger partial charge in [0.1, 0.15) is 11.6 Å². The summed E-state index contributed by atoms with van der Waals surface area (Å²) in [6.45, 7) is 0. The van der Waals surface area contributed by atoms with Gasteiger partial charge >= 0.3 is 0 Å². The smallest absolute Gasteiger partial charge is 0.224 e. The highest BCUT2D eigenvalue weighted by atomic mass is 32.2. The molecular weight excluding hydrogens is 408 g/mol. The number of sulfone groups is 1. The summed E-state index contributed by atoms with van der Waals surface area (Å²) in [7, 11) is -3.92. The van der Waals surface area contributed by atoms with Crippen molar-refractivity contribution in [2.75, 3.05) is 0 Å². The van der Waals surface area contributed by atoms with Crippen LogP contribution < -0.4 is 0 Å². The molecule has 1 aliphatic rings. The molecule has 1 heterocycles. The van der Waals surface area contributed by atoms with Crippen molar-refractivity contribution in [3.8, 4) is 0 Å². The second kappa shape index (κ2) is 7.74. The lowest BCUT2D eigenvalue weighted by molar-refractivity contribution is -0.0417. The minimum absolute atomic E-state index is 0.0514. The molecule has 4 nitrogen and oxygen atoms in total. The van der Waals surface area contributed by atoms with E-state index in [9.17, 15) is 22.3 Å². The molecule has 0 spiro atoms. The highest BCUT2D eigenvalue weighted by Crippen LogP contribution is 2.43. The maximum absolute atomic E-state index is 13.7. The van der Waals surface area contributed by atoms with Crippen LogP contribution in [0.15, 0.2) is 70.7 Å². The van der Waals surface area contributed by atoms with Crippen molar-refractivity contribution in [1.29, 1.82) is 0 Å². The molecule has 0 saturated heterocycles. The molecule has 1 saturated carbocycles. The van der Waals surface area contributed by atoms with Gasteiger partial charge in [-0.1, -0.05) is 30.4 Å². The minimum Gasteiger partial charge on any atom is -0.385 e. The Kier molecular flexibility index (Phi) is 5.26. The SMILES string of the molecule is O=S(=O)(c1ccc(/C=C/c2ccc(F)cc2F)cc1)c1ncccc1C1(O)CCC1. The van der Waals surface area contributed by atoms with E-state index in [1.54, 1.807) is 30.3 Å². The van der Waals surface area contributed by atoms with E-state index in [4.69, 9.17) is 0 Å². The highest BCUT2D eigenvalue weighted by molar-refractivity contribution is 7.91. The van der Waals surface area contributed by atoms with Gasteiger partial charge in [0, 0.05) is 23.4 Å². The number of hydrogen-bond acceptors (Lipinski definition) is 4. The van der Waals surface area contributed by atoms with Crippen LogP contribution in [0.3, 0.4) is 0 Å². The van der Waals surface area contributed by atoms with Gasteiger partial charge in [-0.15, -0.1) is 0 Å². The van der Waals surface area contributed by atoms with Gasteiger partial charge in [-0.05, 0) is 55.2 Å². The molecule has 1 N–H and O–H groups in total. The largest absolute Gasteiger partial charge is 0.385 e. The number of rotatable bonds is 5. The van der Waals surface area contributed by atoms with Crippen molar-refractivity contribution < 1.29 is 22.3 Å². The first-order valence-corrected chi connectivity index (χ1v) is 10.9. The summed E-state index contributed by atoms with van der Waals surface area (Å²) >= 11 is 0. The standard InChI is InChI=1S/C23H19F2NO3S/c24-18-9-8-17(21(25)15-18)7-4-16-5-10-19(11-6-16)30(28,29)22-20(3-1-14-26-22)23(27)12-2-13-23/h1,3-11,14-15,27H,2,12-13H2/b7-4+. The second-order valence-corrected chi connectivity index (χ2v) is 9.18. The van der Waals surface area contributed by atoms with Crippen LogP contribution in [0.25, 0.3) is 12.2 Å². The topological polar surface area (TPSA) is 67.3 Å².